The number of hydrogen-bond acceptors (Lipinski definition) is 4. The van der Waals surface area contributed by atoms with Gasteiger partial charge in [0.25, 0.3) is 5.91 Å². The number of H-pyrrole nitrogens is 1. The van der Waals surface area contributed by atoms with Gasteiger partial charge in [0.15, 0.2) is 0 Å². The van der Waals surface area contributed by atoms with Gasteiger partial charge < -0.3 is 19.8 Å². The predicted molar refractivity (Wildman–Crippen MR) is 88.3 cm³/mol. The van der Waals surface area contributed by atoms with Gasteiger partial charge in [-0.2, -0.15) is 0 Å². The molecule has 2 aromatic rings. The first-order valence-electron chi connectivity index (χ1n) is 7.89. The van der Waals surface area contributed by atoms with E-state index in [-0.39, 0.29) is 11.8 Å². The van der Waals surface area contributed by atoms with E-state index in [0.29, 0.717) is 18.8 Å². The molecule has 0 aliphatic rings. The number of aromatic amines is 1. The van der Waals surface area contributed by atoms with Crippen molar-refractivity contribution in [3.05, 3.63) is 30.2 Å². The van der Waals surface area contributed by atoms with Crippen LogP contribution in [0.25, 0.3) is 10.9 Å². The van der Waals surface area contributed by atoms with Crippen LogP contribution in [0.3, 0.4) is 0 Å². The van der Waals surface area contributed by atoms with E-state index in [0.717, 1.165) is 42.9 Å². The third-order valence-corrected chi connectivity index (χ3v) is 3.78. The minimum Gasteiger partial charge on any atom is -0.384 e. The molecule has 2 heterocycles. The van der Waals surface area contributed by atoms with Gasteiger partial charge in [-0.3, -0.25) is 9.78 Å². The number of aldehydes is 1. The van der Waals surface area contributed by atoms with E-state index in [2.05, 4.69) is 15.3 Å². The Bertz CT molecular complexity index is 606. The highest BCUT2D eigenvalue weighted by atomic mass is 16.5. The van der Waals surface area contributed by atoms with Crippen LogP contribution in [-0.4, -0.2) is 42.4 Å². The molecular weight excluding hydrogens is 294 g/mol. The SMILES string of the molecule is COCC(C=O)CCCCCNC(=O)c1cc2cnccc2[nH]1. The normalized spacial score (nSPS) is 12.2. The first-order chi connectivity index (χ1) is 11.2. The average molecular weight is 317 g/mol. The van der Waals surface area contributed by atoms with Crippen molar-refractivity contribution in [2.75, 3.05) is 20.3 Å². The Labute approximate surface area is 135 Å². The Morgan fingerprint density at radius 1 is 1.43 bits per heavy atom. The molecule has 2 N–H and O–H groups in total. The van der Waals surface area contributed by atoms with Crippen molar-refractivity contribution in [3.63, 3.8) is 0 Å². The highest BCUT2D eigenvalue weighted by Gasteiger charge is 2.09. The number of unbranched alkanes of at least 4 members (excludes halogenated alkanes) is 2. The van der Waals surface area contributed by atoms with Gasteiger partial charge in [0.2, 0.25) is 0 Å². The van der Waals surface area contributed by atoms with Crippen molar-refractivity contribution >= 4 is 23.1 Å². The summed E-state index contributed by atoms with van der Waals surface area (Å²) in [5, 5.41) is 3.83. The summed E-state index contributed by atoms with van der Waals surface area (Å²) in [6, 6.07) is 3.65. The van der Waals surface area contributed by atoms with Gasteiger partial charge in [-0.05, 0) is 25.0 Å². The van der Waals surface area contributed by atoms with Crippen molar-refractivity contribution in [3.8, 4) is 0 Å². The molecule has 1 amide bonds. The quantitative estimate of drug-likeness (QED) is 0.520. The number of ether oxygens (including phenoxy) is 1. The van der Waals surface area contributed by atoms with Crippen molar-refractivity contribution in [2.45, 2.75) is 25.7 Å². The minimum absolute atomic E-state index is 0.0189. The fourth-order valence-electron chi connectivity index (χ4n) is 2.50. The third kappa shape index (κ3) is 5.17. The smallest absolute Gasteiger partial charge is 0.267 e. The first-order valence-corrected chi connectivity index (χ1v) is 7.89. The van der Waals surface area contributed by atoms with Crippen LogP contribution < -0.4 is 5.32 Å². The van der Waals surface area contributed by atoms with Crippen LogP contribution >= 0.6 is 0 Å². The van der Waals surface area contributed by atoms with Gasteiger partial charge in [0.05, 0.1) is 6.61 Å². The van der Waals surface area contributed by atoms with Crippen molar-refractivity contribution in [1.82, 2.24) is 15.3 Å². The van der Waals surface area contributed by atoms with Gasteiger partial charge in [0.1, 0.15) is 12.0 Å². The van der Waals surface area contributed by atoms with Gasteiger partial charge in [-0.15, -0.1) is 0 Å². The van der Waals surface area contributed by atoms with Crippen molar-refractivity contribution in [2.24, 2.45) is 5.92 Å². The lowest BCUT2D eigenvalue weighted by Gasteiger charge is -2.08. The number of carbonyl (C=O) groups excluding carboxylic acids is 2. The van der Waals surface area contributed by atoms with E-state index < -0.39 is 0 Å². The number of carbonyl (C=O) groups is 2. The molecule has 2 aromatic heterocycles. The number of methoxy groups -OCH3 is 1. The van der Waals surface area contributed by atoms with E-state index in [1.165, 1.54) is 0 Å². The van der Waals surface area contributed by atoms with E-state index in [1.54, 1.807) is 25.6 Å². The summed E-state index contributed by atoms with van der Waals surface area (Å²) in [7, 11) is 1.60. The second kappa shape index (κ2) is 9.05. The lowest BCUT2D eigenvalue weighted by molar-refractivity contribution is -0.112. The molecular formula is C17H23N3O3. The average Bonchev–Trinajstić information content (AvgIpc) is 3.01. The molecule has 6 nitrogen and oxygen atoms in total. The second-order valence-corrected chi connectivity index (χ2v) is 5.60. The Balaban J connectivity index is 1.66. The van der Waals surface area contributed by atoms with Crippen LogP contribution in [0.1, 0.15) is 36.2 Å². The highest BCUT2D eigenvalue weighted by Crippen LogP contribution is 2.13. The molecule has 124 valence electrons. The summed E-state index contributed by atoms with van der Waals surface area (Å²) in [5.41, 5.74) is 1.46. The van der Waals surface area contributed by atoms with E-state index in [4.69, 9.17) is 4.74 Å². The maximum Gasteiger partial charge on any atom is 0.267 e. The molecule has 6 heteroatoms. The summed E-state index contributed by atoms with van der Waals surface area (Å²) in [5.74, 6) is -0.124. The molecule has 0 fully saturated rings. The molecule has 0 aromatic carbocycles. The number of nitrogens with one attached hydrogen (secondary N) is 2. The number of rotatable bonds is 10. The Morgan fingerprint density at radius 2 is 2.30 bits per heavy atom. The molecule has 0 aliphatic carbocycles. The van der Waals surface area contributed by atoms with E-state index >= 15 is 0 Å². The highest BCUT2D eigenvalue weighted by molar-refractivity contribution is 5.97. The molecule has 0 bridgehead atoms. The monoisotopic (exact) mass is 317 g/mol. The minimum atomic E-state index is -0.105. The first kappa shape index (κ1) is 17.1. The molecule has 0 saturated carbocycles. The Hall–Kier alpha value is -2.21. The number of hydrogen-bond donors (Lipinski definition) is 2. The summed E-state index contributed by atoms with van der Waals surface area (Å²) < 4.78 is 4.98. The molecule has 1 atom stereocenters. The summed E-state index contributed by atoms with van der Waals surface area (Å²) >= 11 is 0. The second-order valence-electron chi connectivity index (χ2n) is 5.60. The largest absolute Gasteiger partial charge is 0.384 e. The molecule has 0 aliphatic heterocycles. The molecule has 2 rings (SSSR count). The maximum absolute atomic E-state index is 12.1. The fourth-order valence-corrected chi connectivity index (χ4v) is 2.50. The number of amides is 1. The summed E-state index contributed by atoms with van der Waals surface area (Å²) in [6.07, 6.45) is 8.04. The fraction of sp³-hybridized carbons (Fsp3) is 0.471. The maximum atomic E-state index is 12.1. The van der Waals surface area contributed by atoms with Gasteiger partial charge >= 0.3 is 0 Å². The van der Waals surface area contributed by atoms with Crippen LogP contribution in [0, 0.1) is 5.92 Å². The number of aromatic nitrogens is 2. The number of fused-ring (bicyclic) bond motifs is 1. The standard InChI is InChI=1S/C17H23N3O3/c1-23-12-13(11-21)5-3-2-4-7-19-17(22)16-9-14-10-18-8-6-15(14)20-16/h6,8-11,13,20H,2-5,7,12H2,1H3,(H,19,22). The predicted octanol–water partition coefficient (Wildman–Crippen LogP) is 2.31. The van der Waals surface area contributed by atoms with E-state index in [1.807, 2.05) is 6.07 Å². The van der Waals surface area contributed by atoms with Crippen LogP contribution in [0.15, 0.2) is 24.5 Å². The Morgan fingerprint density at radius 3 is 3.04 bits per heavy atom. The summed E-state index contributed by atoms with van der Waals surface area (Å²) in [4.78, 5) is 30.0. The van der Waals surface area contributed by atoms with Crippen LogP contribution in [0.5, 0.6) is 0 Å². The van der Waals surface area contributed by atoms with Crippen LogP contribution in [-0.2, 0) is 9.53 Å². The molecule has 0 saturated heterocycles. The zero-order chi connectivity index (χ0) is 16.5. The molecule has 0 spiro atoms. The van der Waals surface area contributed by atoms with E-state index in [9.17, 15) is 9.59 Å². The van der Waals surface area contributed by atoms with Crippen LogP contribution in [0.4, 0.5) is 0 Å². The number of nitrogens with zero attached hydrogens (tertiary/aromatic N) is 1. The van der Waals surface area contributed by atoms with Crippen LogP contribution in [0.2, 0.25) is 0 Å². The van der Waals surface area contributed by atoms with Gasteiger partial charge in [0, 0.05) is 42.9 Å². The molecule has 0 radical (unpaired) electrons. The topological polar surface area (TPSA) is 84.1 Å². The zero-order valence-electron chi connectivity index (χ0n) is 13.4. The Kier molecular flexibility index (Phi) is 6.75. The zero-order valence-corrected chi connectivity index (χ0v) is 13.4. The molecule has 1 unspecified atom stereocenters. The van der Waals surface area contributed by atoms with Gasteiger partial charge in [-0.25, -0.2) is 0 Å². The lowest BCUT2D eigenvalue weighted by atomic mass is 10.0. The molecule has 23 heavy (non-hydrogen) atoms. The number of pyridine rings is 1. The van der Waals surface area contributed by atoms with Crippen molar-refractivity contribution in [1.29, 1.82) is 0 Å². The van der Waals surface area contributed by atoms with Crippen molar-refractivity contribution < 1.29 is 14.3 Å². The summed E-state index contributed by atoms with van der Waals surface area (Å²) in [6.45, 7) is 1.11. The lowest BCUT2D eigenvalue weighted by Crippen LogP contribution is -2.24. The van der Waals surface area contributed by atoms with Gasteiger partial charge in [-0.1, -0.05) is 12.8 Å². The third-order valence-electron chi connectivity index (χ3n) is 3.78.